The van der Waals surface area contributed by atoms with Crippen molar-refractivity contribution in [1.29, 1.82) is 0 Å². The van der Waals surface area contributed by atoms with Gasteiger partial charge in [0.1, 0.15) is 5.82 Å². The number of nitrogens with zero attached hydrogens (tertiary/aromatic N) is 3. The van der Waals surface area contributed by atoms with Gasteiger partial charge >= 0.3 is 0 Å². The van der Waals surface area contributed by atoms with Crippen molar-refractivity contribution >= 4 is 17.5 Å². The van der Waals surface area contributed by atoms with Crippen molar-refractivity contribution in [3.8, 4) is 11.3 Å². The van der Waals surface area contributed by atoms with Gasteiger partial charge < -0.3 is 15.5 Å². The van der Waals surface area contributed by atoms with Crippen molar-refractivity contribution in [1.82, 2.24) is 14.9 Å². The highest BCUT2D eigenvalue weighted by molar-refractivity contribution is 5.66. The second kappa shape index (κ2) is 8.55. The van der Waals surface area contributed by atoms with Crippen LogP contribution in [0.3, 0.4) is 0 Å². The van der Waals surface area contributed by atoms with Crippen LogP contribution in [0.15, 0.2) is 54.6 Å². The molecule has 5 nitrogen and oxygen atoms in total. The predicted molar refractivity (Wildman–Crippen MR) is 104 cm³/mol. The van der Waals surface area contributed by atoms with Crippen LogP contribution in [0.2, 0.25) is 0 Å². The summed E-state index contributed by atoms with van der Waals surface area (Å²) in [4.78, 5) is 11.0. The maximum Gasteiger partial charge on any atom is 0.229 e. The third-order valence-electron chi connectivity index (χ3n) is 3.84. The van der Waals surface area contributed by atoms with Crippen LogP contribution in [0.1, 0.15) is 0 Å². The number of halogens is 2. The summed E-state index contributed by atoms with van der Waals surface area (Å²) >= 11 is 0. The molecule has 27 heavy (non-hydrogen) atoms. The Morgan fingerprint density at radius 1 is 0.926 bits per heavy atom. The first-order chi connectivity index (χ1) is 13.0. The maximum absolute atomic E-state index is 13.5. The first kappa shape index (κ1) is 18.7. The third-order valence-corrected chi connectivity index (χ3v) is 3.84. The zero-order chi connectivity index (χ0) is 19.2. The van der Waals surface area contributed by atoms with Crippen LogP contribution >= 0.6 is 0 Å². The van der Waals surface area contributed by atoms with E-state index in [1.807, 2.05) is 50.5 Å². The first-order valence-electron chi connectivity index (χ1n) is 8.56. The van der Waals surface area contributed by atoms with E-state index in [4.69, 9.17) is 0 Å². The number of likely N-dealkylation sites (N-methyl/N-ethyl adjacent to an activating group) is 1. The lowest BCUT2D eigenvalue weighted by Crippen LogP contribution is -2.21. The van der Waals surface area contributed by atoms with Gasteiger partial charge in [0.25, 0.3) is 0 Å². The van der Waals surface area contributed by atoms with Crippen molar-refractivity contribution in [2.45, 2.75) is 0 Å². The van der Waals surface area contributed by atoms with Gasteiger partial charge in [-0.05, 0) is 26.2 Å². The number of rotatable bonds is 7. The molecule has 7 heteroatoms. The Kier molecular flexibility index (Phi) is 5.93. The SMILES string of the molecule is CN(C)CCNc1cc(-c2ccccc2)nc(Nc2ccc(F)c(F)c2)n1. The molecule has 0 spiro atoms. The zero-order valence-corrected chi connectivity index (χ0v) is 15.2. The highest BCUT2D eigenvalue weighted by atomic mass is 19.2. The van der Waals surface area contributed by atoms with Gasteiger partial charge in [-0.15, -0.1) is 0 Å². The Balaban J connectivity index is 1.90. The van der Waals surface area contributed by atoms with Gasteiger partial charge in [0.05, 0.1) is 5.69 Å². The van der Waals surface area contributed by atoms with Gasteiger partial charge in [-0.3, -0.25) is 0 Å². The minimum Gasteiger partial charge on any atom is -0.369 e. The van der Waals surface area contributed by atoms with Gasteiger partial charge in [-0.1, -0.05) is 30.3 Å². The molecule has 0 saturated heterocycles. The van der Waals surface area contributed by atoms with E-state index in [-0.39, 0.29) is 0 Å². The quantitative estimate of drug-likeness (QED) is 0.656. The molecule has 0 aliphatic carbocycles. The Labute approximate surface area is 157 Å². The monoisotopic (exact) mass is 369 g/mol. The minimum atomic E-state index is -0.927. The van der Waals surface area contributed by atoms with Crippen LogP contribution in [0, 0.1) is 11.6 Å². The fourth-order valence-electron chi connectivity index (χ4n) is 2.46. The number of benzene rings is 2. The molecule has 1 heterocycles. The van der Waals surface area contributed by atoms with Crippen molar-refractivity contribution in [3.05, 3.63) is 66.2 Å². The molecule has 3 aromatic rings. The number of aromatic nitrogens is 2. The van der Waals surface area contributed by atoms with E-state index >= 15 is 0 Å². The summed E-state index contributed by atoms with van der Waals surface area (Å²) in [6.07, 6.45) is 0. The summed E-state index contributed by atoms with van der Waals surface area (Å²) in [5.74, 6) is -0.875. The van der Waals surface area contributed by atoms with Crippen LogP contribution in [-0.4, -0.2) is 42.1 Å². The molecular formula is C20H21F2N5. The fraction of sp³-hybridized carbons (Fsp3) is 0.200. The number of hydrogen-bond donors (Lipinski definition) is 2. The molecule has 1 aromatic heterocycles. The normalized spacial score (nSPS) is 10.9. The second-order valence-corrected chi connectivity index (χ2v) is 6.31. The molecule has 0 bridgehead atoms. The highest BCUT2D eigenvalue weighted by Gasteiger charge is 2.09. The van der Waals surface area contributed by atoms with E-state index in [1.165, 1.54) is 6.07 Å². The van der Waals surface area contributed by atoms with Gasteiger partial charge in [0, 0.05) is 36.5 Å². The van der Waals surface area contributed by atoms with E-state index in [2.05, 4.69) is 25.5 Å². The molecule has 3 rings (SSSR count). The van der Waals surface area contributed by atoms with Gasteiger partial charge in [-0.25, -0.2) is 13.8 Å². The summed E-state index contributed by atoms with van der Waals surface area (Å²) in [5.41, 5.74) is 2.03. The molecule has 140 valence electrons. The number of anilines is 3. The molecule has 0 saturated carbocycles. The molecule has 0 radical (unpaired) electrons. The average Bonchev–Trinajstić information content (AvgIpc) is 2.65. The molecule has 2 N–H and O–H groups in total. The summed E-state index contributed by atoms with van der Waals surface area (Å²) in [6.45, 7) is 1.56. The van der Waals surface area contributed by atoms with Crippen LogP contribution in [-0.2, 0) is 0 Å². The Bertz CT molecular complexity index is 900. The average molecular weight is 369 g/mol. The number of hydrogen-bond acceptors (Lipinski definition) is 5. The van der Waals surface area contributed by atoms with E-state index in [1.54, 1.807) is 0 Å². The second-order valence-electron chi connectivity index (χ2n) is 6.31. The predicted octanol–water partition coefficient (Wildman–Crippen LogP) is 4.14. The van der Waals surface area contributed by atoms with Crippen LogP contribution in [0.25, 0.3) is 11.3 Å². The number of nitrogens with one attached hydrogen (secondary N) is 2. The topological polar surface area (TPSA) is 53.1 Å². The summed E-state index contributed by atoms with van der Waals surface area (Å²) in [5, 5.41) is 6.21. The van der Waals surface area contributed by atoms with Gasteiger partial charge in [0.15, 0.2) is 11.6 Å². The van der Waals surface area contributed by atoms with E-state index in [0.717, 1.165) is 29.9 Å². The maximum atomic E-state index is 13.5. The molecular weight excluding hydrogens is 348 g/mol. The molecule has 0 unspecified atom stereocenters. The van der Waals surface area contributed by atoms with Crippen molar-refractivity contribution in [2.75, 3.05) is 37.8 Å². The van der Waals surface area contributed by atoms with E-state index in [0.29, 0.717) is 24.0 Å². The lowest BCUT2D eigenvalue weighted by Gasteiger charge is -2.13. The smallest absolute Gasteiger partial charge is 0.229 e. The minimum absolute atomic E-state index is 0.301. The highest BCUT2D eigenvalue weighted by Crippen LogP contribution is 2.23. The first-order valence-corrected chi connectivity index (χ1v) is 8.56. The molecule has 0 aliphatic rings. The van der Waals surface area contributed by atoms with Crippen LogP contribution in [0.5, 0.6) is 0 Å². The molecule has 0 aliphatic heterocycles. The Hall–Kier alpha value is -3.06. The van der Waals surface area contributed by atoms with Crippen molar-refractivity contribution < 1.29 is 8.78 Å². The third kappa shape index (κ3) is 5.21. The van der Waals surface area contributed by atoms with E-state index < -0.39 is 11.6 Å². The summed E-state index contributed by atoms with van der Waals surface area (Å²) in [6, 6.07) is 15.1. The lowest BCUT2D eigenvalue weighted by atomic mass is 10.1. The van der Waals surface area contributed by atoms with Crippen LogP contribution in [0.4, 0.5) is 26.2 Å². The summed E-state index contributed by atoms with van der Waals surface area (Å²) in [7, 11) is 3.99. The van der Waals surface area contributed by atoms with Crippen molar-refractivity contribution in [3.63, 3.8) is 0 Å². The Morgan fingerprint density at radius 3 is 2.41 bits per heavy atom. The molecule has 0 atom stereocenters. The summed E-state index contributed by atoms with van der Waals surface area (Å²) < 4.78 is 26.6. The van der Waals surface area contributed by atoms with E-state index in [9.17, 15) is 8.78 Å². The van der Waals surface area contributed by atoms with Crippen molar-refractivity contribution in [2.24, 2.45) is 0 Å². The fourth-order valence-corrected chi connectivity index (χ4v) is 2.46. The Morgan fingerprint density at radius 2 is 1.70 bits per heavy atom. The zero-order valence-electron chi connectivity index (χ0n) is 15.2. The molecule has 2 aromatic carbocycles. The largest absolute Gasteiger partial charge is 0.369 e. The standard InChI is InChI=1S/C20H21F2N5/c1-27(2)11-10-23-19-13-18(14-6-4-3-5-7-14)25-20(26-19)24-15-8-9-16(21)17(22)12-15/h3-9,12-13H,10-11H2,1-2H3,(H2,23,24,25,26). The van der Waals surface area contributed by atoms with Gasteiger partial charge in [-0.2, -0.15) is 4.98 Å². The van der Waals surface area contributed by atoms with Gasteiger partial charge in [0.2, 0.25) is 5.95 Å². The lowest BCUT2D eigenvalue weighted by molar-refractivity contribution is 0.425. The molecule has 0 amide bonds. The molecule has 0 fully saturated rings. The van der Waals surface area contributed by atoms with Crippen LogP contribution < -0.4 is 10.6 Å².